The number of benzene rings is 1. The fraction of sp³-hybridized carbons (Fsp3) is 0.579. The predicted octanol–water partition coefficient (Wildman–Crippen LogP) is 2.33. The predicted molar refractivity (Wildman–Crippen MR) is 97.3 cm³/mol. The van der Waals surface area contributed by atoms with E-state index in [1.807, 2.05) is 58.0 Å². The van der Waals surface area contributed by atoms with Gasteiger partial charge in [0.15, 0.2) is 0 Å². The Balaban J connectivity index is 2.96. The van der Waals surface area contributed by atoms with Gasteiger partial charge in [-0.05, 0) is 23.4 Å². The summed E-state index contributed by atoms with van der Waals surface area (Å²) in [5.41, 5.74) is 6.39. The molecular weight excluding hydrogens is 302 g/mol. The van der Waals surface area contributed by atoms with Gasteiger partial charge in [0, 0.05) is 20.0 Å². The molecule has 0 saturated heterocycles. The number of nitrogens with zero attached hydrogens (tertiary/aromatic N) is 1. The molecule has 0 bridgehead atoms. The van der Waals surface area contributed by atoms with E-state index in [1.165, 1.54) is 0 Å². The van der Waals surface area contributed by atoms with Gasteiger partial charge in [0.05, 0.1) is 0 Å². The molecule has 3 N–H and O–H groups in total. The van der Waals surface area contributed by atoms with Crippen LogP contribution in [-0.4, -0.2) is 36.9 Å². The average Bonchev–Trinajstić information content (AvgIpc) is 2.51. The van der Waals surface area contributed by atoms with E-state index in [4.69, 9.17) is 5.73 Å². The maximum absolute atomic E-state index is 12.9. The lowest BCUT2D eigenvalue weighted by molar-refractivity contribution is -0.136. The van der Waals surface area contributed by atoms with E-state index >= 15 is 0 Å². The van der Waals surface area contributed by atoms with E-state index < -0.39 is 6.04 Å². The topological polar surface area (TPSA) is 75.4 Å². The van der Waals surface area contributed by atoms with Crippen molar-refractivity contribution < 1.29 is 9.59 Å². The maximum Gasteiger partial charge on any atom is 0.249 e. The van der Waals surface area contributed by atoms with E-state index in [1.54, 1.807) is 11.9 Å². The smallest absolute Gasteiger partial charge is 0.249 e. The van der Waals surface area contributed by atoms with Crippen LogP contribution in [0, 0.1) is 11.3 Å². The fourth-order valence-electron chi connectivity index (χ4n) is 2.53. The van der Waals surface area contributed by atoms with E-state index in [0.717, 1.165) is 5.56 Å². The van der Waals surface area contributed by atoms with Gasteiger partial charge >= 0.3 is 0 Å². The van der Waals surface area contributed by atoms with Crippen molar-refractivity contribution in [2.45, 2.75) is 40.2 Å². The Morgan fingerprint density at radius 2 is 1.79 bits per heavy atom. The highest BCUT2D eigenvalue weighted by molar-refractivity contribution is 5.88. The summed E-state index contributed by atoms with van der Waals surface area (Å²) < 4.78 is 0. The number of hydrogen-bond donors (Lipinski definition) is 2. The number of carbonyl (C=O) groups is 2. The zero-order valence-corrected chi connectivity index (χ0v) is 15.5. The summed E-state index contributed by atoms with van der Waals surface area (Å²) in [6.45, 7) is 9.02. The summed E-state index contributed by atoms with van der Waals surface area (Å²) in [4.78, 5) is 26.8. The number of nitrogens with two attached hydrogens (primary N) is 1. The number of hydrogen-bond acceptors (Lipinski definition) is 3. The Bertz CT molecular complexity index is 541. The van der Waals surface area contributed by atoms with Gasteiger partial charge in [-0.3, -0.25) is 9.59 Å². The van der Waals surface area contributed by atoms with Gasteiger partial charge in [-0.25, -0.2) is 0 Å². The van der Waals surface area contributed by atoms with Gasteiger partial charge < -0.3 is 16.0 Å². The quantitative estimate of drug-likeness (QED) is 0.767. The van der Waals surface area contributed by atoms with Crippen LogP contribution in [0.4, 0.5) is 0 Å². The molecule has 0 fully saturated rings. The summed E-state index contributed by atoms with van der Waals surface area (Å²) in [5, 5.41) is 2.89. The van der Waals surface area contributed by atoms with Crippen molar-refractivity contribution >= 4 is 11.8 Å². The lowest BCUT2D eigenvalue weighted by Gasteiger charge is -2.32. The lowest BCUT2D eigenvalue weighted by atomic mass is 9.92. The van der Waals surface area contributed by atoms with Gasteiger partial charge in [-0.2, -0.15) is 0 Å². The standard InChI is InChI=1S/C19H31N3O2/c1-14(2)11-16(23)21-17(15-9-7-6-8-10-15)18(24)22(5)13-19(3,4)12-20/h6-10,14,17H,11-13,20H2,1-5H3,(H,21,23). The molecule has 1 unspecified atom stereocenters. The van der Waals surface area contributed by atoms with Crippen LogP contribution in [0.1, 0.15) is 45.7 Å². The molecule has 0 saturated carbocycles. The number of carbonyl (C=O) groups excluding carboxylic acids is 2. The van der Waals surface area contributed by atoms with Crippen LogP contribution in [0.25, 0.3) is 0 Å². The zero-order valence-electron chi connectivity index (χ0n) is 15.5. The molecule has 5 heteroatoms. The molecule has 0 aromatic heterocycles. The molecule has 1 atom stereocenters. The van der Waals surface area contributed by atoms with Gasteiger partial charge in [0.2, 0.25) is 11.8 Å². The van der Waals surface area contributed by atoms with Crippen molar-refractivity contribution in [1.82, 2.24) is 10.2 Å². The largest absolute Gasteiger partial charge is 0.343 e. The normalized spacial score (nSPS) is 12.8. The summed E-state index contributed by atoms with van der Waals surface area (Å²) in [6, 6.07) is 8.68. The highest BCUT2D eigenvalue weighted by Crippen LogP contribution is 2.20. The SMILES string of the molecule is CC(C)CC(=O)NC(C(=O)N(C)CC(C)(C)CN)c1ccccc1. The second-order valence-electron chi connectivity index (χ2n) is 7.57. The Morgan fingerprint density at radius 3 is 2.29 bits per heavy atom. The van der Waals surface area contributed by atoms with Crippen LogP contribution < -0.4 is 11.1 Å². The second kappa shape index (κ2) is 8.83. The van der Waals surface area contributed by atoms with Crippen LogP contribution in [0.5, 0.6) is 0 Å². The number of nitrogens with one attached hydrogen (secondary N) is 1. The van der Waals surface area contributed by atoms with Gasteiger partial charge in [0.1, 0.15) is 6.04 Å². The molecule has 1 aromatic carbocycles. The Labute approximate surface area is 145 Å². The third-order valence-corrected chi connectivity index (χ3v) is 3.87. The minimum absolute atomic E-state index is 0.112. The van der Waals surface area contributed by atoms with Crippen LogP contribution in [-0.2, 0) is 9.59 Å². The summed E-state index contributed by atoms with van der Waals surface area (Å²) >= 11 is 0. The van der Waals surface area contributed by atoms with E-state index in [2.05, 4.69) is 5.32 Å². The summed E-state index contributed by atoms with van der Waals surface area (Å²) in [6.07, 6.45) is 0.397. The van der Waals surface area contributed by atoms with E-state index in [9.17, 15) is 9.59 Å². The first-order valence-corrected chi connectivity index (χ1v) is 8.45. The number of likely N-dealkylation sites (N-methyl/N-ethyl adjacent to an activating group) is 1. The molecule has 0 aliphatic heterocycles. The third kappa shape index (κ3) is 6.32. The summed E-state index contributed by atoms with van der Waals surface area (Å²) in [7, 11) is 1.75. The van der Waals surface area contributed by atoms with Gasteiger partial charge in [-0.1, -0.05) is 58.0 Å². The third-order valence-electron chi connectivity index (χ3n) is 3.87. The number of amides is 2. The molecule has 0 heterocycles. The van der Waals surface area contributed by atoms with Crippen molar-refractivity contribution in [3.05, 3.63) is 35.9 Å². The van der Waals surface area contributed by atoms with Gasteiger partial charge in [-0.15, -0.1) is 0 Å². The number of rotatable bonds is 8. The molecule has 24 heavy (non-hydrogen) atoms. The van der Waals surface area contributed by atoms with Crippen LogP contribution >= 0.6 is 0 Å². The molecule has 0 aliphatic carbocycles. The Hall–Kier alpha value is -1.88. The maximum atomic E-state index is 12.9. The van der Waals surface area contributed by atoms with Crippen molar-refractivity contribution in [2.75, 3.05) is 20.1 Å². The minimum Gasteiger partial charge on any atom is -0.343 e. The first-order valence-electron chi connectivity index (χ1n) is 8.45. The Kier molecular flexibility index (Phi) is 7.42. The molecule has 134 valence electrons. The van der Waals surface area contributed by atoms with Crippen molar-refractivity contribution in [3.63, 3.8) is 0 Å². The van der Waals surface area contributed by atoms with Crippen LogP contribution in [0.15, 0.2) is 30.3 Å². The van der Waals surface area contributed by atoms with Crippen molar-refractivity contribution in [2.24, 2.45) is 17.1 Å². The van der Waals surface area contributed by atoms with Crippen molar-refractivity contribution in [1.29, 1.82) is 0 Å². The molecule has 1 aromatic rings. The van der Waals surface area contributed by atoms with E-state index in [0.29, 0.717) is 19.5 Å². The first-order chi connectivity index (χ1) is 11.2. The molecule has 0 radical (unpaired) electrons. The fourth-order valence-corrected chi connectivity index (χ4v) is 2.53. The highest BCUT2D eigenvalue weighted by atomic mass is 16.2. The molecule has 2 amide bonds. The molecule has 1 rings (SSSR count). The molecule has 0 aliphatic rings. The highest BCUT2D eigenvalue weighted by Gasteiger charge is 2.28. The summed E-state index contributed by atoms with van der Waals surface area (Å²) in [5.74, 6) is 0.00366. The molecular formula is C19H31N3O2. The van der Waals surface area contributed by atoms with Crippen LogP contribution in [0.2, 0.25) is 0 Å². The van der Waals surface area contributed by atoms with Gasteiger partial charge in [0.25, 0.3) is 0 Å². The monoisotopic (exact) mass is 333 g/mol. The molecule has 5 nitrogen and oxygen atoms in total. The second-order valence-corrected chi connectivity index (χ2v) is 7.57. The minimum atomic E-state index is -0.670. The van der Waals surface area contributed by atoms with Crippen LogP contribution in [0.3, 0.4) is 0 Å². The first kappa shape index (κ1) is 20.2. The Morgan fingerprint density at radius 1 is 1.21 bits per heavy atom. The molecule has 0 spiro atoms. The van der Waals surface area contributed by atoms with Crippen molar-refractivity contribution in [3.8, 4) is 0 Å². The average molecular weight is 333 g/mol. The zero-order chi connectivity index (χ0) is 18.3. The van der Waals surface area contributed by atoms with E-state index in [-0.39, 0.29) is 23.1 Å². The lowest BCUT2D eigenvalue weighted by Crippen LogP contribution is -2.46.